The van der Waals surface area contributed by atoms with E-state index in [1.807, 2.05) is 6.92 Å². The predicted molar refractivity (Wildman–Crippen MR) is 74.8 cm³/mol. The average molecular weight is 265 g/mol. The molecule has 3 nitrogen and oxygen atoms in total. The number of hydrogen-bond acceptors (Lipinski definition) is 3. The first-order valence-corrected chi connectivity index (χ1v) is 7.63. The molecule has 0 aromatic carbocycles. The molecule has 4 rings (SSSR count). The van der Waals surface area contributed by atoms with Crippen LogP contribution in [0.15, 0.2) is 0 Å². The standard InChI is InChI=1S/C16H27NO2/c1-11(13(18)19-4)17-16-7-12-5-14(2,9-16)8-15(3,6-12)10-16/h11-12,17H,5-10H2,1-4H3. The summed E-state index contributed by atoms with van der Waals surface area (Å²) in [5.41, 5.74) is 1.14. The maximum Gasteiger partial charge on any atom is 0.322 e. The van der Waals surface area contributed by atoms with Crippen molar-refractivity contribution in [3.05, 3.63) is 0 Å². The highest BCUT2D eigenvalue weighted by molar-refractivity contribution is 5.75. The summed E-state index contributed by atoms with van der Waals surface area (Å²) in [4.78, 5) is 11.7. The van der Waals surface area contributed by atoms with Crippen LogP contribution in [0.25, 0.3) is 0 Å². The largest absolute Gasteiger partial charge is 0.468 e. The highest BCUT2D eigenvalue weighted by Crippen LogP contribution is 2.66. The smallest absolute Gasteiger partial charge is 0.322 e. The lowest BCUT2D eigenvalue weighted by Crippen LogP contribution is -2.66. The normalized spacial score (nSPS) is 49.2. The fourth-order valence-corrected chi connectivity index (χ4v) is 6.30. The number of ether oxygens (including phenoxy) is 1. The van der Waals surface area contributed by atoms with Gasteiger partial charge in [0.15, 0.2) is 0 Å². The van der Waals surface area contributed by atoms with Gasteiger partial charge in [-0.25, -0.2) is 0 Å². The molecule has 0 radical (unpaired) electrons. The van der Waals surface area contributed by atoms with E-state index in [0.29, 0.717) is 10.8 Å². The fraction of sp³-hybridized carbons (Fsp3) is 0.938. The number of methoxy groups -OCH3 is 1. The van der Waals surface area contributed by atoms with Gasteiger partial charge >= 0.3 is 5.97 Å². The molecule has 4 saturated carbocycles. The van der Waals surface area contributed by atoms with Gasteiger partial charge in [-0.15, -0.1) is 0 Å². The average Bonchev–Trinajstić information content (AvgIpc) is 2.21. The van der Waals surface area contributed by atoms with Crippen molar-refractivity contribution < 1.29 is 9.53 Å². The minimum absolute atomic E-state index is 0.133. The van der Waals surface area contributed by atoms with Crippen molar-refractivity contribution in [1.82, 2.24) is 5.32 Å². The van der Waals surface area contributed by atoms with E-state index in [0.717, 1.165) is 5.92 Å². The van der Waals surface area contributed by atoms with Crippen molar-refractivity contribution in [2.45, 2.75) is 70.9 Å². The minimum Gasteiger partial charge on any atom is -0.468 e. The second-order valence-electron chi connectivity index (χ2n) is 8.30. The molecular formula is C16H27NO2. The molecule has 108 valence electrons. The summed E-state index contributed by atoms with van der Waals surface area (Å²) < 4.78 is 4.87. The zero-order valence-electron chi connectivity index (χ0n) is 12.7. The van der Waals surface area contributed by atoms with Crippen molar-refractivity contribution in [3.63, 3.8) is 0 Å². The molecule has 0 amide bonds. The van der Waals surface area contributed by atoms with Crippen LogP contribution in [0.5, 0.6) is 0 Å². The molecule has 4 aliphatic rings. The van der Waals surface area contributed by atoms with Crippen molar-refractivity contribution in [1.29, 1.82) is 0 Å². The van der Waals surface area contributed by atoms with Crippen molar-refractivity contribution >= 4 is 5.97 Å². The van der Waals surface area contributed by atoms with Crippen molar-refractivity contribution in [3.8, 4) is 0 Å². The Morgan fingerprint density at radius 2 is 1.74 bits per heavy atom. The van der Waals surface area contributed by atoms with Crippen LogP contribution < -0.4 is 5.32 Å². The molecule has 0 spiro atoms. The Morgan fingerprint density at radius 3 is 2.21 bits per heavy atom. The minimum atomic E-state index is -0.187. The lowest BCUT2D eigenvalue weighted by atomic mass is 9.42. The van der Waals surface area contributed by atoms with Gasteiger partial charge in [0.1, 0.15) is 6.04 Å². The van der Waals surface area contributed by atoms with E-state index in [1.54, 1.807) is 0 Å². The third-order valence-corrected chi connectivity index (χ3v) is 5.70. The molecule has 3 heteroatoms. The van der Waals surface area contributed by atoms with Gasteiger partial charge in [0, 0.05) is 5.54 Å². The number of carbonyl (C=O) groups is 1. The summed E-state index contributed by atoms with van der Waals surface area (Å²) >= 11 is 0. The first-order chi connectivity index (χ1) is 8.77. The molecule has 4 fully saturated rings. The molecular weight excluding hydrogens is 238 g/mol. The van der Waals surface area contributed by atoms with Gasteiger partial charge in [-0.1, -0.05) is 13.8 Å². The van der Waals surface area contributed by atoms with Crippen molar-refractivity contribution in [2.24, 2.45) is 16.7 Å². The molecule has 3 atom stereocenters. The van der Waals surface area contributed by atoms with E-state index in [1.165, 1.54) is 45.6 Å². The van der Waals surface area contributed by atoms with E-state index in [4.69, 9.17) is 4.74 Å². The zero-order valence-corrected chi connectivity index (χ0v) is 12.7. The lowest BCUT2D eigenvalue weighted by Gasteiger charge is -2.66. The van der Waals surface area contributed by atoms with Crippen LogP contribution in [0.4, 0.5) is 0 Å². The van der Waals surface area contributed by atoms with Crippen LogP contribution in [-0.2, 0) is 9.53 Å². The molecule has 19 heavy (non-hydrogen) atoms. The summed E-state index contributed by atoms with van der Waals surface area (Å²) in [7, 11) is 1.48. The zero-order chi connectivity index (χ0) is 13.9. The van der Waals surface area contributed by atoms with E-state index < -0.39 is 0 Å². The number of nitrogens with one attached hydrogen (secondary N) is 1. The second-order valence-corrected chi connectivity index (χ2v) is 8.30. The van der Waals surface area contributed by atoms with Gasteiger partial charge in [0.25, 0.3) is 0 Å². The Morgan fingerprint density at radius 1 is 1.16 bits per heavy atom. The Kier molecular flexibility index (Phi) is 2.80. The Hall–Kier alpha value is -0.570. The summed E-state index contributed by atoms with van der Waals surface area (Å²) in [5.74, 6) is 0.717. The van der Waals surface area contributed by atoms with E-state index >= 15 is 0 Å². The Bertz CT molecular complexity index is 388. The monoisotopic (exact) mass is 265 g/mol. The fourth-order valence-electron chi connectivity index (χ4n) is 6.30. The number of esters is 1. The van der Waals surface area contributed by atoms with Gasteiger partial charge in [-0.05, 0) is 62.2 Å². The van der Waals surface area contributed by atoms with Gasteiger partial charge in [0.05, 0.1) is 7.11 Å². The summed E-state index contributed by atoms with van der Waals surface area (Å²) in [6.07, 6.45) is 7.85. The predicted octanol–water partition coefficient (Wildman–Crippen LogP) is 2.89. The maximum absolute atomic E-state index is 11.7. The Labute approximate surface area is 116 Å². The molecule has 0 aromatic rings. The summed E-state index contributed by atoms with van der Waals surface area (Å²) in [6, 6.07) is -0.187. The van der Waals surface area contributed by atoms with Crippen LogP contribution in [0.2, 0.25) is 0 Å². The van der Waals surface area contributed by atoms with E-state index in [-0.39, 0.29) is 17.6 Å². The van der Waals surface area contributed by atoms with Gasteiger partial charge < -0.3 is 4.74 Å². The molecule has 0 aromatic heterocycles. The number of rotatable bonds is 3. The van der Waals surface area contributed by atoms with Crippen molar-refractivity contribution in [2.75, 3.05) is 7.11 Å². The van der Waals surface area contributed by atoms with Crippen LogP contribution in [-0.4, -0.2) is 24.7 Å². The van der Waals surface area contributed by atoms with Gasteiger partial charge in [0.2, 0.25) is 0 Å². The van der Waals surface area contributed by atoms with E-state index in [9.17, 15) is 4.79 Å². The molecule has 0 saturated heterocycles. The molecule has 1 N–H and O–H groups in total. The molecule has 3 unspecified atom stereocenters. The van der Waals surface area contributed by atoms with Crippen LogP contribution in [0.3, 0.4) is 0 Å². The molecule has 0 heterocycles. The third kappa shape index (κ3) is 2.20. The molecule has 4 bridgehead atoms. The maximum atomic E-state index is 11.7. The highest BCUT2D eigenvalue weighted by atomic mass is 16.5. The highest BCUT2D eigenvalue weighted by Gasteiger charge is 2.60. The van der Waals surface area contributed by atoms with Crippen LogP contribution in [0.1, 0.15) is 59.3 Å². The van der Waals surface area contributed by atoms with Gasteiger partial charge in [-0.2, -0.15) is 0 Å². The summed E-state index contributed by atoms with van der Waals surface area (Å²) in [5, 5.41) is 3.65. The quantitative estimate of drug-likeness (QED) is 0.797. The second kappa shape index (κ2) is 3.97. The Balaban J connectivity index is 1.82. The number of carbonyl (C=O) groups excluding carboxylic acids is 1. The topological polar surface area (TPSA) is 38.3 Å². The molecule has 0 aliphatic heterocycles. The van der Waals surface area contributed by atoms with Crippen LogP contribution in [0, 0.1) is 16.7 Å². The van der Waals surface area contributed by atoms with Gasteiger partial charge in [-0.3, -0.25) is 10.1 Å². The van der Waals surface area contributed by atoms with E-state index in [2.05, 4.69) is 19.2 Å². The lowest BCUT2D eigenvalue weighted by molar-refractivity contribution is -0.149. The van der Waals surface area contributed by atoms with Crippen LogP contribution >= 0.6 is 0 Å². The summed E-state index contributed by atoms with van der Waals surface area (Å²) in [6.45, 7) is 6.85. The molecule has 4 aliphatic carbocycles. The first kappa shape index (κ1) is 13.4. The SMILES string of the molecule is COC(=O)C(C)NC12CC3CC(C)(CC(C)(C3)C1)C2. The first-order valence-electron chi connectivity index (χ1n) is 7.63. The number of hydrogen-bond donors (Lipinski definition) is 1. The third-order valence-electron chi connectivity index (χ3n) is 5.70.